The first-order chi connectivity index (χ1) is 9.94. The number of nitrogens with one attached hydrogen (secondary N) is 1. The summed E-state index contributed by atoms with van der Waals surface area (Å²) in [5.74, 6) is 0. The minimum absolute atomic E-state index is 0.111. The van der Waals surface area contributed by atoms with Gasteiger partial charge < -0.3 is 0 Å². The summed E-state index contributed by atoms with van der Waals surface area (Å²) in [7, 11) is -3.78. The average Bonchev–Trinajstić information content (AvgIpc) is 2.46. The number of rotatable bonds is 4. The Morgan fingerprint density at radius 1 is 1.14 bits per heavy atom. The minimum Gasteiger partial charge on any atom is -0.207 e. The molecule has 0 aromatic heterocycles. The van der Waals surface area contributed by atoms with Crippen molar-refractivity contribution < 1.29 is 8.42 Å². The van der Waals surface area contributed by atoms with Gasteiger partial charge in [-0.25, -0.2) is 8.42 Å². The lowest BCUT2D eigenvalue weighted by Gasteiger charge is -2.14. The van der Waals surface area contributed by atoms with Crippen molar-refractivity contribution in [3.63, 3.8) is 0 Å². The molecular weight excluding hydrogens is 308 g/mol. The predicted octanol–water partition coefficient (Wildman–Crippen LogP) is 3.19. The quantitative estimate of drug-likeness (QED) is 0.940. The van der Waals surface area contributed by atoms with Crippen LogP contribution in [0.2, 0.25) is 5.02 Å². The number of aryl methyl sites for hydroxylation is 1. The third kappa shape index (κ3) is 3.61. The summed E-state index contributed by atoms with van der Waals surface area (Å²) in [4.78, 5) is 0.111. The lowest BCUT2D eigenvalue weighted by molar-refractivity contribution is 0.575. The zero-order valence-corrected chi connectivity index (χ0v) is 12.8. The van der Waals surface area contributed by atoms with E-state index in [9.17, 15) is 13.7 Å². The summed E-state index contributed by atoms with van der Waals surface area (Å²) in [6, 6.07) is 13.9. The summed E-state index contributed by atoms with van der Waals surface area (Å²) in [6.07, 6.45) is 0. The number of halogens is 1. The highest BCUT2D eigenvalue weighted by atomic mass is 35.5. The molecule has 6 heteroatoms. The van der Waals surface area contributed by atoms with Gasteiger partial charge in [-0.05, 0) is 25.1 Å². The first-order valence-corrected chi connectivity index (χ1v) is 8.03. The lowest BCUT2D eigenvalue weighted by Crippen LogP contribution is -2.28. The third-order valence-electron chi connectivity index (χ3n) is 2.95. The van der Waals surface area contributed by atoms with Gasteiger partial charge in [-0.15, -0.1) is 0 Å². The van der Waals surface area contributed by atoms with E-state index in [2.05, 4.69) is 4.72 Å². The number of nitriles is 1. The van der Waals surface area contributed by atoms with Crippen LogP contribution in [0, 0.1) is 18.3 Å². The van der Waals surface area contributed by atoms with Crippen LogP contribution in [0.4, 0.5) is 0 Å². The maximum atomic E-state index is 12.3. The maximum Gasteiger partial charge on any atom is 0.242 e. The third-order valence-corrected chi connectivity index (χ3v) is 4.73. The van der Waals surface area contributed by atoms with Crippen molar-refractivity contribution in [1.29, 1.82) is 5.26 Å². The molecule has 1 unspecified atom stereocenters. The van der Waals surface area contributed by atoms with Crippen LogP contribution < -0.4 is 4.72 Å². The van der Waals surface area contributed by atoms with Crippen molar-refractivity contribution in [3.8, 4) is 6.07 Å². The van der Waals surface area contributed by atoms with Gasteiger partial charge in [0.25, 0.3) is 0 Å². The van der Waals surface area contributed by atoms with Crippen LogP contribution in [-0.2, 0) is 10.0 Å². The highest BCUT2D eigenvalue weighted by Gasteiger charge is 2.22. The molecule has 1 N–H and O–H groups in total. The van der Waals surface area contributed by atoms with E-state index >= 15 is 0 Å². The minimum atomic E-state index is -3.78. The highest BCUT2D eigenvalue weighted by molar-refractivity contribution is 7.89. The van der Waals surface area contributed by atoms with Crippen LogP contribution in [0.1, 0.15) is 17.2 Å². The molecule has 21 heavy (non-hydrogen) atoms. The molecule has 0 aliphatic heterocycles. The second-order valence-corrected chi connectivity index (χ2v) is 6.64. The molecule has 0 aliphatic rings. The van der Waals surface area contributed by atoms with E-state index in [1.807, 2.05) is 13.0 Å². The molecular formula is C15H13ClN2O2S. The largest absolute Gasteiger partial charge is 0.242 e. The van der Waals surface area contributed by atoms with E-state index in [1.54, 1.807) is 36.4 Å². The number of sulfonamides is 1. The zero-order chi connectivity index (χ0) is 15.5. The first-order valence-electron chi connectivity index (χ1n) is 6.17. The maximum absolute atomic E-state index is 12.3. The summed E-state index contributed by atoms with van der Waals surface area (Å²) in [5, 5.41) is 9.57. The van der Waals surface area contributed by atoms with Crippen molar-refractivity contribution >= 4 is 21.6 Å². The van der Waals surface area contributed by atoms with Crippen LogP contribution in [0.3, 0.4) is 0 Å². The molecule has 4 nitrogen and oxygen atoms in total. The molecule has 0 saturated heterocycles. The molecule has 0 saturated carbocycles. The molecule has 2 rings (SSSR count). The molecule has 0 spiro atoms. The van der Waals surface area contributed by atoms with Crippen LogP contribution >= 0.6 is 11.6 Å². The summed E-state index contributed by atoms with van der Waals surface area (Å²) in [5.41, 5.74) is 1.38. The van der Waals surface area contributed by atoms with Gasteiger partial charge in [-0.1, -0.05) is 47.5 Å². The molecule has 0 fully saturated rings. The van der Waals surface area contributed by atoms with Gasteiger partial charge in [0.15, 0.2) is 0 Å². The fourth-order valence-corrected chi connectivity index (χ4v) is 3.17. The number of benzene rings is 2. The molecule has 0 heterocycles. The molecule has 108 valence electrons. The fourth-order valence-electron chi connectivity index (χ4n) is 1.81. The average molecular weight is 321 g/mol. The van der Waals surface area contributed by atoms with E-state index in [-0.39, 0.29) is 4.90 Å². The zero-order valence-electron chi connectivity index (χ0n) is 11.2. The number of hydrogen-bond donors (Lipinski definition) is 1. The predicted molar refractivity (Wildman–Crippen MR) is 81.3 cm³/mol. The Bertz CT molecular complexity index is 780. The Hall–Kier alpha value is -1.87. The smallest absolute Gasteiger partial charge is 0.207 e. The molecule has 1 atom stereocenters. The first kappa shape index (κ1) is 15.5. The topological polar surface area (TPSA) is 70.0 Å². The fraction of sp³-hybridized carbons (Fsp3) is 0.133. The molecule has 0 radical (unpaired) electrons. The van der Waals surface area contributed by atoms with Crippen LogP contribution in [-0.4, -0.2) is 8.42 Å². The standard InChI is InChI=1S/C15H13ClN2O2S/c1-11-6-8-12(9-7-11)21(19,20)18-15(10-17)13-4-2-3-5-14(13)16/h2-9,15,18H,1H3. The van der Waals surface area contributed by atoms with Crippen LogP contribution in [0.5, 0.6) is 0 Å². The lowest BCUT2D eigenvalue weighted by atomic mass is 10.1. The molecule has 2 aromatic rings. The summed E-state index contributed by atoms with van der Waals surface area (Å²) < 4.78 is 26.9. The normalized spacial score (nSPS) is 12.6. The van der Waals surface area contributed by atoms with E-state index in [4.69, 9.17) is 11.6 Å². The second kappa shape index (κ2) is 6.27. The van der Waals surface area contributed by atoms with Gasteiger partial charge in [0.1, 0.15) is 6.04 Å². The van der Waals surface area contributed by atoms with Gasteiger partial charge in [-0.2, -0.15) is 9.98 Å². The molecule has 0 amide bonds. The van der Waals surface area contributed by atoms with Crippen molar-refractivity contribution in [2.24, 2.45) is 0 Å². The number of hydrogen-bond acceptors (Lipinski definition) is 3. The van der Waals surface area contributed by atoms with Crippen molar-refractivity contribution in [1.82, 2.24) is 4.72 Å². The van der Waals surface area contributed by atoms with Crippen molar-refractivity contribution in [2.75, 3.05) is 0 Å². The van der Waals surface area contributed by atoms with Crippen molar-refractivity contribution in [3.05, 3.63) is 64.7 Å². The van der Waals surface area contributed by atoms with E-state index in [0.717, 1.165) is 5.56 Å². The van der Waals surface area contributed by atoms with Gasteiger partial charge in [0.05, 0.1) is 11.0 Å². The second-order valence-electron chi connectivity index (χ2n) is 4.52. The van der Waals surface area contributed by atoms with Crippen LogP contribution in [0.15, 0.2) is 53.4 Å². The Balaban J connectivity index is 2.33. The van der Waals surface area contributed by atoms with E-state index in [1.165, 1.54) is 12.1 Å². The summed E-state index contributed by atoms with van der Waals surface area (Å²) in [6.45, 7) is 1.87. The monoisotopic (exact) mass is 320 g/mol. The molecule has 0 aliphatic carbocycles. The van der Waals surface area contributed by atoms with Crippen molar-refractivity contribution in [2.45, 2.75) is 17.9 Å². The highest BCUT2D eigenvalue weighted by Crippen LogP contribution is 2.24. The summed E-state index contributed by atoms with van der Waals surface area (Å²) >= 11 is 6.01. The SMILES string of the molecule is Cc1ccc(S(=O)(=O)NC(C#N)c2ccccc2Cl)cc1. The van der Waals surface area contributed by atoms with Gasteiger partial charge in [0.2, 0.25) is 10.0 Å². The molecule has 2 aromatic carbocycles. The van der Waals surface area contributed by atoms with Gasteiger partial charge >= 0.3 is 0 Å². The Morgan fingerprint density at radius 2 is 1.76 bits per heavy atom. The van der Waals surface area contributed by atoms with Gasteiger partial charge in [0, 0.05) is 10.6 Å². The Morgan fingerprint density at radius 3 is 2.33 bits per heavy atom. The van der Waals surface area contributed by atoms with E-state index < -0.39 is 16.1 Å². The van der Waals surface area contributed by atoms with Crippen LogP contribution in [0.25, 0.3) is 0 Å². The Labute approximate surface area is 129 Å². The van der Waals surface area contributed by atoms with E-state index in [0.29, 0.717) is 10.6 Å². The Kier molecular flexibility index (Phi) is 4.63. The molecule has 0 bridgehead atoms. The number of nitrogens with zero attached hydrogens (tertiary/aromatic N) is 1. The van der Waals surface area contributed by atoms with Gasteiger partial charge in [-0.3, -0.25) is 0 Å².